The SMILES string of the molecule is CCc1nc(N)cc(NCCc2ccccc2)n1. The van der Waals surface area contributed by atoms with Gasteiger partial charge in [-0.1, -0.05) is 37.3 Å². The maximum absolute atomic E-state index is 5.73. The summed E-state index contributed by atoms with van der Waals surface area (Å²) in [5.41, 5.74) is 7.03. The molecule has 0 aliphatic rings. The Balaban J connectivity index is 1.92. The number of aryl methyl sites for hydroxylation is 1. The number of aromatic nitrogens is 2. The van der Waals surface area contributed by atoms with E-state index in [1.165, 1.54) is 5.56 Å². The molecule has 0 aliphatic carbocycles. The molecule has 1 aromatic carbocycles. The third-order valence-corrected chi connectivity index (χ3v) is 2.67. The molecule has 94 valence electrons. The first-order valence-corrected chi connectivity index (χ1v) is 6.19. The lowest BCUT2D eigenvalue weighted by Gasteiger charge is -2.07. The van der Waals surface area contributed by atoms with Gasteiger partial charge in [-0.25, -0.2) is 9.97 Å². The number of nitrogens with one attached hydrogen (secondary N) is 1. The smallest absolute Gasteiger partial charge is 0.132 e. The third kappa shape index (κ3) is 3.45. The molecule has 0 fully saturated rings. The fraction of sp³-hybridized carbons (Fsp3) is 0.286. The number of nitrogens with two attached hydrogens (primary N) is 1. The third-order valence-electron chi connectivity index (χ3n) is 2.67. The molecule has 0 saturated carbocycles. The highest BCUT2D eigenvalue weighted by Crippen LogP contribution is 2.09. The van der Waals surface area contributed by atoms with Gasteiger partial charge in [-0.05, 0) is 12.0 Å². The van der Waals surface area contributed by atoms with Gasteiger partial charge in [0.25, 0.3) is 0 Å². The summed E-state index contributed by atoms with van der Waals surface area (Å²) in [7, 11) is 0. The molecule has 0 spiro atoms. The number of anilines is 2. The molecule has 0 saturated heterocycles. The standard InChI is InChI=1S/C14H18N4/c1-2-13-17-12(15)10-14(18-13)16-9-8-11-6-4-3-5-7-11/h3-7,10H,2,8-9H2,1H3,(H3,15,16,17,18). The van der Waals surface area contributed by atoms with Gasteiger partial charge in [0.05, 0.1) is 0 Å². The highest BCUT2D eigenvalue weighted by molar-refractivity contribution is 5.44. The zero-order chi connectivity index (χ0) is 12.8. The first-order chi connectivity index (χ1) is 8.78. The number of rotatable bonds is 5. The molecule has 0 bridgehead atoms. The largest absolute Gasteiger partial charge is 0.384 e. The maximum atomic E-state index is 5.73. The van der Waals surface area contributed by atoms with E-state index in [4.69, 9.17) is 5.73 Å². The van der Waals surface area contributed by atoms with Gasteiger partial charge >= 0.3 is 0 Å². The molecular formula is C14H18N4. The first-order valence-electron chi connectivity index (χ1n) is 6.19. The van der Waals surface area contributed by atoms with Crippen LogP contribution in [0.15, 0.2) is 36.4 Å². The highest BCUT2D eigenvalue weighted by Gasteiger charge is 2.00. The van der Waals surface area contributed by atoms with E-state index in [0.29, 0.717) is 5.82 Å². The fourth-order valence-corrected chi connectivity index (χ4v) is 1.75. The van der Waals surface area contributed by atoms with Crippen LogP contribution in [-0.4, -0.2) is 16.5 Å². The summed E-state index contributed by atoms with van der Waals surface area (Å²) in [5.74, 6) is 2.09. The van der Waals surface area contributed by atoms with Crippen LogP contribution < -0.4 is 11.1 Å². The molecule has 2 rings (SSSR count). The summed E-state index contributed by atoms with van der Waals surface area (Å²) in [6.07, 6.45) is 1.75. The summed E-state index contributed by atoms with van der Waals surface area (Å²) in [6.45, 7) is 2.85. The van der Waals surface area contributed by atoms with E-state index in [2.05, 4.69) is 27.4 Å². The molecule has 3 N–H and O–H groups in total. The van der Waals surface area contributed by atoms with Crippen LogP contribution >= 0.6 is 0 Å². The molecule has 4 nitrogen and oxygen atoms in total. The Bertz CT molecular complexity index is 496. The second kappa shape index (κ2) is 6.00. The van der Waals surface area contributed by atoms with E-state index in [1.807, 2.05) is 25.1 Å². The molecule has 0 radical (unpaired) electrons. The Morgan fingerprint density at radius 3 is 2.67 bits per heavy atom. The molecule has 0 atom stereocenters. The Kier molecular flexibility index (Phi) is 4.12. The number of hydrogen-bond acceptors (Lipinski definition) is 4. The van der Waals surface area contributed by atoms with Crippen molar-refractivity contribution >= 4 is 11.6 Å². The van der Waals surface area contributed by atoms with Crippen LogP contribution in [0.2, 0.25) is 0 Å². The van der Waals surface area contributed by atoms with Crippen molar-refractivity contribution in [3.05, 3.63) is 47.8 Å². The molecular weight excluding hydrogens is 224 g/mol. The van der Waals surface area contributed by atoms with Crippen molar-refractivity contribution in [1.82, 2.24) is 9.97 Å². The predicted molar refractivity (Wildman–Crippen MR) is 74.5 cm³/mol. The van der Waals surface area contributed by atoms with Crippen LogP contribution in [0.4, 0.5) is 11.6 Å². The Hall–Kier alpha value is -2.10. The van der Waals surface area contributed by atoms with Gasteiger partial charge in [0.2, 0.25) is 0 Å². The zero-order valence-corrected chi connectivity index (χ0v) is 10.6. The van der Waals surface area contributed by atoms with E-state index in [0.717, 1.165) is 31.0 Å². The van der Waals surface area contributed by atoms with Crippen molar-refractivity contribution in [2.24, 2.45) is 0 Å². The van der Waals surface area contributed by atoms with Gasteiger partial charge in [0.1, 0.15) is 17.5 Å². The van der Waals surface area contributed by atoms with E-state index in [1.54, 1.807) is 6.07 Å². The lowest BCUT2D eigenvalue weighted by atomic mass is 10.1. The molecule has 4 heteroatoms. The molecule has 1 aromatic heterocycles. The van der Waals surface area contributed by atoms with Gasteiger partial charge in [0.15, 0.2) is 0 Å². The lowest BCUT2D eigenvalue weighted by Crippen LogP contribution is -2.09. The minimum atomic E-state index is 0.518. The van der Waals surface area contributed by atoms with Crippen LogP contribution in [0.25, 0.3) is 0 Å². The summed E-state index contributed by atoms with van der Waals surface area (Å²) in [5, 5.41) is 3.28. The lowest BCUT2D eigenvalue weighted by molar-refractivity contribution is 0.930. The number of benzene rings is 1. The first kappa shape index (κ1) is 12.4. The normalized spacial score (nSPS) is 10.3. The number of hydrogen-bond donors (Lipinski definition) is 2. The predicted octanol–water partition coefficient (Wildman–Crippen LogP) is 2.28. The molecule has 0 unspecified atom stereocenters. The Morgan fingerprint density at radius 1 is 1.17 bits per heavy atom. The second-order valence-corrected chi connectivity index (χ2v) is 4.11. The Labute approximate surface area is 107 Å². The highest BCUT2D eigenvalue weighted by atomic mass is 15.0. The average Bonchev–Trinajstić information content (AvgIpc) is 2.39. The zero-order valence-electron chi connectivity index (χ0n) is 10.6. The Morgan fingerprint density at radius 2 is 1.94 bits per heavy atom. The van der Waals surface area contributed by atoms with Crippen molar-refractivity contribution < 1.29 is 0 Å². The van der Waals surface area contributed by atoms with Gasteiger partial charge in [-0.15, -0.1) is 0 Å². The fourth-order valence-electron chi connectivity index (χ4n) is 1.75. The van der Waals surface area contributed by atoms with Crippen LogP contribution in [0.1, 0.15) is 18.3 Å². The summed E-state index contributed by atoms with van der Waals surface area (Å²) < 4.78 is 0. The minimum absolute atomic E-state index is 0.518. The van der Waals surface area contributed by atoms with Gasteiger partial charge in [0, 0.05) is 19.0 Å². The van der Waals surface area contributed by atoms with E-state index in [-0.39, 0.29) is 0 Å². The molecule has 18 heavy (non-hydrogen) atoms. The molecule has 2 aromatic rings. The van der Waals surface area contributed by atoms with Gasteiger partial charge in [-0.2, -0.15) is 0 Å². The van der Waals surface area contributed by atoms with E-state index < -0.39 is 0 Å². The topological polar surface area (TPSA) is 63.8 Å². The molecule has 0 amide bonds. The quantitative estimate of drug-likeness (QED) is 0.844. The number of nitrogen functional groups attached to an aromatic ring is 1. The van der Waals surface area contributed by atoms with Crippen molar-refractivity contribution in [2.45, 2.75) is 19.8 Å². The van der Waals surface area contributed by atoms with Crippen LogP contribution in [0.5, 0.6) is 0 Å². The average molecular weight is 242 g/mol. The summed E-state index contributed by atoms with van der Waals surface area (Å²) in [6, 6.07) is 12.1. The number of nitrogens with zero attached hydrogens (tertiary/aromatic N) is 2. The second-order valence-electron chi connectivity index (χ2n) is 4.11. The van der Waals surface area contributed by atoms with Gasteiger partial charge < -0.3 is 11.1 Å². The molecule has 1 heterocycles. The van der Waals surface area contributed by atoms with Crippen molar-refractivity contribution in [2.75, 3.05) is 17.6 Å². The monoisotopic (exact) mass is 242 g/mol. The molecule has 0 aliphatic heterocycles. The summed E-state index contributed by atoms with van der Waals surface area (Å²) in [4.78, 5) is 8.53. The van der Waals surface area contributed by atoms with Crippen molar-refractivity contribution in [3.8, 4) is 0 Å². The van der Waals surface area contributed by atoms with Crippen LogP contribution in [0.3, 0.4) is 0 Å². The maximum Gasteiger partial charge on any atom is 0.132 e. The van der Waals surface area contributed by atoms with Crippen molar-refractivity contribution in [3.63, 3.8) is 0 Å². The van der Waals surface area contributed by atoms with Crippen LogP contribution in [-0.2, 0) is 12.8 Å². The van der Waals surface area contributed by atoms with E-state index in [9.17, 15) is 0 Å². The van der Waals surface area contributed by atoms with E-state index >= 15 is 0 Å². The van der Waals surface area contributed by atoms with Crippen LogP contribution in [0, 0.1) is 0 Å². The summed E-state index contributed by atoms with van der Waals surface area (Å²) >= 11 is 0. The minimum Gasteiger partial charge on any atom is -0.384 e. The van der Waals surface area contributed by atoms with Gasteiger partial charge in [-0.3, -0.25) is 0 Å². The van der Waals surface area contributed by atoms with Crippen molar-refractivity contribution in [1.29, 1.82) is 0 Å².